The lowest BCUT2D eigenvalue weighted by atomic mass is 10.1. The molecule has 5 nitrogen and oxygen atoms in total. The van der Waals surface area contributed by atoms with E-state index in [-0.39, 0.29) is 12.6 Å². The highest BCUT2D eigenvalue weighted by molar-refractivity contribution is 5.49. The number of anilines is 1. The largest absolute Gasteiger partial charge is 0.394 e. The van der Waals surface area contributed by atoms with Crippen molar-refractivity contribution in [1.29, 1.82) is 0 Å². The highest BCUT2D eigenvalue weighted by Gasteiger charge is 2.12. The molecule has 0 spiro atoms. The second-order valence-electron chi connectivity index (χ2n) is 5.30. The smallest absolute Gasteiger partial charge is 0.157 e. The minimum atomic E-state index is -0.0677. The van der Waals surface area contributed by atoms with Crippen molar-refractivity contribution >= 4 is 11.5 Å². The van der Waals surface area contributed by atoms with Crippen LogP contribution in [0.15, 0.2) is 48.7 Å². The van der Waals surface area contributed by atoms with E-state index in [2.05, 4.69) is 34.5 Å². The molecular formula is C17H20N4O. The van der Waals surface area contributed by atoms with Crippen molar-refractivity contribution in [1.82, 2.24) is 14.6 Å². The summed E-state index contributed by atoms with van der Waals surface area (Å²) in [5.41, 5.74) is 3.01. The van der Waals surface area contributed by atoms with Crippen molar-refractivity contribution in [3.8, 4) is 0 Å². The standard InChI is InChI=1S/C17H20N4O/c1-2-14-11-17(21-16(19-14)8-9-18-21)20-15(12-22)10-13-6-4-3-5-7-13/h3-9,11,15,20,22H,2,10,12H2,1H3/t15-/m0/s1. The Hall–Kier alpha value is -2.40. The van der Waals surface area contributed by atoms with Crippen molar-refractivity contribution < 1.29 is 5.11 Å². The van der Waals surface area contributed by atoms with Crippen LogP contribution in [-0.4, -0.2) is 32.4 Å². The van der Waals surface area contributed by atoms with Crippen LogP contribution in [-0.2, 0) is 12.8 Å². The minimum absolute atomic E-state index is 0.0570. The number of fused-ring (bicyclic) bond motifs is 1. The molecule has 3 aromatic rings. The Bertz CT molecular complexity index is 739. The van der Waals surface area contributed by atoms with Crippen LogP contribution in [0.25, 0.3) is 5.65 Å². The molecule has 0 aliphatic rings. The fraction of sp³-hybridized carbons (Fsp3) is 0.294. The molecule has 0 aliphatic carbocycles. The summed E-state index contributed by atoms with van der Waals surface area (Å²) >= 11 is 0. The van der Waals surface area contributed by atoms with Gasteiger partial charge in [0.1, 0.15) is 5.82 Å². The number of nitrogens with zero attached hydrogens (tertiary/aromatic N) is 3. The summed E-state index contributed by atoms with van der Waals surface area (Å²) in [5, 5.41) is 17.4. The molecule has 22 heavy (non-hydrogen) atoms. The number of aliphatic hydroxyl groups excluding tert-OH is 1. The quantitative estimate of drug-likeness (QED) is 0.733. The fourth-order valence-corrected chi connectivity index (χ4v) is 2.52. The van der Waals surface area contributed by atoms with Gasteiger partial charge in [-0.05, 0) is 18.4 Å². The second-order valence-corrected chi connectivity index (χ2v) is 5.30. The predicted octanol–water partition coefficient (Wildman–Crippen LogP) is 2.31. The summed E-state index contributed by atoms with van der Waals surface area (Å²) in [4.78, 5) is 4.53. The molecule has 1 aromatic carbocycles. The third-order valence-electron chi connectivity index (χ3n) is 3.67. The van der Waals surface area contributed by atoms with Crippen LogP contribution in [0, 0.1) is 0 Å². The molecule has 114 valence electrons. The number of benzene rings is 1. The maximum Gasteiger partial charge on any atom is 0.157 e. The Labute approximate surface area is 129 Å². The van der Waals surface area contributed by atoms with Gasteiger partial charge in [0.05, 0.1) is 18.8 Å². The fourth-order valence-electron chi connectivity index (χ4n) is 2.52. The molecule has 0 radical (unpaired) electrons. The molecule has 5 heteroatoms. The van der Waals surface area contributed by atoms with Crippen molar-refractivity contribution in [3.05, 3.63) is 59.9 Å². The second kappa shape index (κ2) is 6.58. The van der Waals surface area contributed by atoms with E-state index in [1.54, 1.807) is 10.7 Å². The predicted molar refractivity (Wildman–Crippen MR) is 87.0 cm³/mol. The van der Waals surface area contributed by atoms with Crippen LogP contribution < -0.4 is 5.32 Å². The highest BCUT2D eigenvalue weighted by atomic mass is 16.3. The number of rotatable bonds is 6. The first-order valence-corrected chi connectivity index (χ1v) is 7.55. The average molecular weight is 296 g/mol. The lowest BCUT2D eigenvalue weighted by molar-refractivity contribution is 0.273. The number of aromatic nitrogens is 3. The normalized spacial score (nSPS) is 12.5. The molecule has 0 aliphatic heterocycles. The van der Waals surface area contributed by atoms with Gasteiger partial charge in [-0.2, -0.15) is 9.61 Å². The van der Waals surface area contributed by atoms with Crippen LogP contribution >= 0.6 is 0 Å². The Kier molecular flexibility index (Phi) is 4.34. The van der Waals surface area contributed by atoms with Gasteiger partial charge in [-0.1, -0.05) is 37.3 Å². The first-order chi connectivity index (χ1) is 10.8. The zero-order chi connectivity index (χ0) is 15.4. The molecule has 0 saturated heterocycles. The van der Waals surface area contributed by atoms with Gasteiger partial charge in [-0.3, -0.25) is 0 Å². The van der Waals surface area contributed by atoms with Gasteiger partial charge >= 0.3 is 0 Å². The lowest BCUT2D eigenvalue weighted by Crippen LogP contribution is -2.27. The summed E-state index contributed by atoms with van der Waals surface area (Å²) in [5.74, 6) is 0.863. The first-order valence-electron chi connectivity index (χ1n) is 7.55. The van der Waals surface area contributed by atoms with Crippen LogP contribution in [0.4, 0.5) is 5.82 Å². The third-order valence-corrected chi connectivity index (χ3v) is 3.67. The van der Waals surface area contributed by atoms with Crippen LogP contribution in [0.5, 0.6) is 0 Å². The maximum absolute atomic E-state index is 9.69. The summed E-state index contributed by atoms with van der Waals surface area (Å²) in [7, 11) is 0. The Morgan fingerprint density at radius 1 is 1.23 bits per heavy atom. The Morgan fingerprint density at radius 2 is 2.05 bits per heavy atom. The molecule has 1 atom stereocenters. The van der Waals surface area contributed by atoms with Gasteiger partial charge < -0.3 is 10.4 Å². The minimum Gasteiger partial charge on any atom is -0.394 e. The number of nitrogens with one attached hydrogen (secondary N) is 1. The number of aryl methyl sites for hydroxylation is 1. The molecular weight excluding hydrogens is 276 g/mol. The SMILES string of the molecule is CCc1cc(N[C@H](CO)Cc2ccccc2)n2nccc2n1. The molecule has 0 unspecified atom stereocenters. The molecule has 0 amide bonds. The van der Waals surface area contributed by atoms with E-state index in [4.69, 9.17) is 0 Å². The third kappa shape index (κ3) is 3.09. The van der Waals surface area contributed by atoms with Crippen LogP contribution in [0.1, 0.15) is 18.2 Å². The van der Waals surface area contributed by atoms with Crippen molar-refractivity contribution in [2.24, 2.45) is 0 Å². The zero-order valence-corrected chi connectivity index (χ0v) is 12.6. The Balaban J connectivity index is 1.85. The molecule has 0 saturated carbocycles. The summed E-state index contributed by atoms with van der Waals surface area (Å²) in [6, 6.07) is 14.0. The average Bonchev–Trinajstić information content (AvgIpc) is 3.03. The van der Waals surface area contributed by atoms with E-state index in [1.807, 2.05) is 30.3 Å². The Morgan fingerprint density at radius 3 is 2.77 bits per heavy atom. The van der Waals surface area contributed by atoms with E-state index < -0.39 is 0 Å². The molecule has 2 aromatic heterocycles. The summed E-state index contributed by atoms with van der Waals surface area (Å²) < 4.78 is 1.77. The van der Waals surface area contributed by atoms with E-state index in [0.29, 0.717) is 0 Å². The summed E-state index contributed by atoms with van der Waals surface area (Å²) in [6.45, 7) is 2.13. The zero-order valence-electron chi connectivity index (χ0n) is 12.6. The molecule has 2 heterocycles. The van der Waals surface area contributed by atoms with Gasteiger partial charge in [0.2, 0.25) is 0 Å². The van der Waals surface area contributed by atoms with Crippen molar-refractivity contribution in [3.63, 3.8) is 0 Å². The van der Waals surface area contributed by atoms with Gasteiger partial charge in [-0.25, -0.2) is 4.98 Å². The summed E-state index contributed by atoms with van der Waals surface area (Å²) in [6.07, 6.45) is 3.35. The van der Waals surface area contributed by atoms with E-state index in [0.717, 1.165) is 30.0 Å². The molecule has 0 bridgehead atoms. The van der Waals surface area contributed by atoms with E-state index >= 15 is 0 Å². The number of hydrogen-bond acceptors (Lipinski definition) is 4. The maximum atomic E-state index is 9.69. The van der Waals surface area contributed by atoms with Gasteiger partial charge in [-0.15, -0.1) is 0 Å². The van der Waals surface area contributed by atoms with Crippen LogP contribution in [0.2, 0.25) is 0 Å². The molecule has 3 rings (SSSR count). The lowest BCUT2D eigenvalue weighted by Gasteiger charge is -2.18. The van der Waals surface area contributed by atoms with Crippen LogP contribution in [0.3, 0.4) is 0 Å². The van der Waals surface area contributed by atoms with Crippen molar-refractivity contribution in [2.45, 2.75) is 25.8 Å². The van der Waals surface area contributed by atoms with E-state index in [1.165, 1.54) is 5.56 Å². The number of hydrogen-bond donors (Lipinski definition) is 2. The van der Waals surface area contributed by atoms with Gasteiger partial charge in [0.15, 0.2) is 5.65 Å². The van der Waals surface area contributed by atoms with Crippen molar-refractivity contribution in [2.75, 3.05) is 11.9 Å². The highest BCUT2D eigenvalue weighted by Crippen LogP contribution is 2.15. The van der Waals surface area contributed by atoms with E-state index in [9.17, 15) is 5.11 Å². The first kappa shape index (κ1) is 14.5. The number of aliphatic hydroxyl groups is 1. The topological polar surface area (TPSA) is 62.5 Å². The molecule has 2 N–H and O–H groups in total. The van der Waals surface area contributed by atoms with Gasteiger partial charge in [0.25, 0.3) is 0 Å². The monoisotopic (exact) mass is 296 g/mol. The molecule has 0 fully saturated rings. The van der Waals surface area contributed by atoms with Gasteiger partial charge in [0, 0.05) is 17.8 Å².